The summed E-state index contributed by atoms with van der Waals surface area (Å²) in [6, 6.07) is 5.53. The fourth-order valence-corrected chi connectivity index (χ4v) is 1.99. The van der Waals surface area contributed by atoms with Gasteiger partial charge >= 0.3 is 18.1 Å². The molecule has 0 aliphatic rings. The molecule has 0 aliphatic carbocycles. The molecule has 0 saturated heterocycles. The second-order valence-electron chi connectivity index (χ2n) is 4.99. The second-order valence-corrected chi connectivity index (χ2v) is 4.99. The fourth-order valence-electron chi connectivity index (χ4n) is 1.99. The molecule has 3 aromatic heterocycles. The van der Waals surface area contributed by atoms with E-state index in [1.807, 2.05) is 18.2 Å². The molecular formula is C15H13F3N5O4+. The van der Waals surface area contributed by atoms with Crippen molar-refractivity contribution in [1.29, 1.82) is 0 Å². The monoisotopic (exact) mass is 384 g/mol. The van der Waals surface area contributed by atoms with Crippen LogP contribution in [0.15, 0.2) is 43.1 Å². The Bertz CT molecular complexity index is 941. The van der Waals surface area contributed by atoms with Crippen molar-refractivity contribution in [3.05, 3.63) is 43.1 Å². The molecule has 9 nitrogen and oxygen atoms in total. The molecule has 142 valence electrons. The van der Waals surface area contributed by atoms with E-state index in [0.29, 0.717) is 12.8 Å². The minimum atomic E-state index is -4.85. The zero-order valence-electron chi connectivity index (χ0n) is 13.8. The quantitative estimate of drug-likeness (QED) is 0.527. The first-order valence-electron chi connectivity index (χ1n) is 7.24. The average molecular weight is 384 g/mol. The summed E-state index contributed by atoms with van der Waals surface area (Å²) in [4.78, 5) is 20.1. The first-order chi connectivity index (χ1) is 12.7. The molecular weight excluding hydrogens is 371 g/mol. The number of aliphatic carboxylic acids is 1. The maximum Gasteiger partial charge on any atom is 0.490 e. The zero-order chi connectivity index (χ0) is 20.0. The van der Waals surface area contributed by atoms with Crippen LogP contribution in [-0.2, 0) is 20.9 Å². The van der Waals surface area contributed by atoms with Crippen molar-refractivity contribution in [3.8, 4) is 11.1 Å². The fraction of sp³-hybridized carbons (Fsp3) is 0.200. The van der Waals surface area contributed by atoms with Crippen molar-refractivity contribution < 1.29 is 37.2 Å². The van der Waals surface area contributed by atoms with Gasteiger partial charge in [0, 0.05) is 23.9 Å². The van der Waals surface area contributed by atoms with Gasteiger partial charge in [-0.2, -0.15) is 27.4 Å². The lowest BCUT2D eigenvalue weighted by Crippen LogP contribution is -2.36. The Morgan fingerprint density at radius 2 is 1.93 bits per heavy atom. The van der Waals surface area contributed by atoms with Crippen LogP contribution < -0.4 is 4.57 Å². The lowest BCUT2D eigenvalue weighted by atomic mass is 10.1. The number of halogens is 3. The lowest BCUT2D eigenvalue weighted by Gasteiger charge is -2.01. The molecule has 3 rings (SSSR count). The zero-order valence-corrected chi connectivity index (χ0v) is 13.8. The Labute approximate surface area is 149 Å². The number of pyridine rings is 1. The molecule has 0 bridgehead atoms. The molecule has 0 fully saturated rings. The Morgan fingerprint density at radius 1 is 1.26 bits per heavy atom. The highest BCUT2D eigenvalue weighted by molar-refractivity contribution is 5.76. The molecule has 27 heavy (non-hydrogen) atoms. The number of carbonyl (C=O) groups is 2. The highest BCUT2D eigenvalue weighted by Gasteiger charge is 2.40. The highest BCUT2D eigenvalue weighted by atomic mass is 19.4. The van der Waals surface area contributed by atoms with Crippen LogP contribution in [0.3, 0.4) is 0 Å². The Balaban J connectivity index is 0.000000279. The van der Waals surface area contributed by atoms with Crippen LogP contribution in [0.1, 0.15) is 0 Å². The maximum atomic E-state index is 11.0. The van der Waals surface area contributed by atoms with Crippen molar-refractivity contribution in [3.63, 3.8) is 0 Å². The summed E-state index contributed by atoms with van der Waals surface area (Å²) in [5, 5.41) is 20.6. The molecule has 0 saturated carbocycles. The van der Waals surface area contributed by atoms with Gasteiger partial charge in [-0.15, -0.1) is 10.2 Å². The number of carboxylic acids is 1. The normalized spacial score (nSPS) is 10.8. The Hall–Kier alpha value is -3.57. The van der Waals surface area contributed by atoms with E-state index in [-0.39, 0.29) is 6.54 Å². The van der Waals surface area contributed by atoms with Crippen LogP contribution in [0.2, 0.25) is 0 Å². The third-order valence-electron chi connectivity index (χ3n) is 3.14. The number of carboxylic acid groups (broad SMARTS) is 1. The van der Waals surface area contributed by atoms with Gasteiger partial charge in [0.15, 0.2) is 18.0 Å². The van der Waals surface area contributed by atoms with Gasteiger partial charge in [-0.1, -0.05) is 0 Å². The van der Waals surface area contributed by atoms with E-state index in [9.17, 15) is 22.8 Å². The highest BCUT2D eigenvalue weighted by Crippen LogP contribution is 2.20. The second kappa shape index (κ2) is 8.21. The number of hydrogen-bond acceptors (Lipinski definition) is 6. The number of esters is 1. The number of alkyl halides is 3. The number of methoxy groups -OCH3 is 1. The van der Waals surface area contributed by atoms with Crippen LogP contribution in [-0.4, -0.2) is 50.1 Å². The van der Waals surface area contributed by atoms with Crippen LogP contribution >= 0.6 is 0 Å². The molecule has 3 heterocycles. The van der Waals surface area contributed by atoms with Gasteiger partial charge in [-0.3, -0.25) is 0 Å². The summed E-state index contributed by atoms with van der Waals surface area (Å²) >= 11 is 0. The van der Waals surface area contributed by atoms with Gasteiger partial charge in [0.05, 0.1) is 7.11 Å². The number of aromatic nitrogens is 5. The Kier molecular flexibility index (Phi) is 6.00. The predicted octanol–water partition coefficient (Wildman–Crippen LogP) is 0.885. The summed E-state index contributed by atoms with van der Waals surface area (Å²) in [6.45, 7) is -0.0586. The van der Waals surface area contributed by atoms with Crippen molar-refractivity contribution in [2.75, 3.05) is 7.11 Å². The first-order valence-corrected chi connectivity index (χ1v) is 7.24. The van der Waals surface area contributed by atoms with Crippen LogP contribution in [0.5, 0.6) is 0 Å². The van der Waals surface area contributed by atoms with E-state index in [1.54, 1.807) is 27.7 Å². The van der Waals surface area contributed by atoms with E-state index in [0.717, 1.165) is 11.1 Å². The lowest BCUT2D eigenvalue weighted by molar-refractivity contribution is -0.685. The third-order valence-corrected chi connectivity index (χ3v) is 3.14. The molecule has 0 amide bonds. The predicted molar refractivity (Wildman–Crippen MR) is 82.1 cm³/mol. The van der Waals surface area contributed by atoms with Gasteiger partial charge in [0.2, 0.25) is 6.54 Å². The Morgan fingerprint density at radius 3 is 2.44 bits per heavy atom. The number of nitrogens with zero attached hydrogens (tertiary/aromatic N) is 5. The van der Waals surface area contributed by atoms with E-state index in [2.05, 4.69) is 20.0 Å². The van der Waals surface area contributed by atoms with Crippen LogP contribution in [0, 0.1) is 0 Å². The number of hydrogen-bond donors (Lipinski definition) is 1. The van der Waals surface area contributed by atoms with E-state index in [4.69, 9.17) is 5.11 Å². The van der Waals surface area contributed by atoms with E-state index < -0.39 is 18.1 Å². The average Bonchev–Trinajstić information content (AvgIpc) is 3.09. The molecule has 12 heteroatoms. The van der Waals surface area contributed by atoms with Gasteiger partial charge in [0.1, 0.15) is 6.33 Å². The van der Waals surface area contributed by atoms with Crippen molar-refractivity contribution in [1.82, 2.24) is 19.8 Å². The molecule has 3 aromatic rings. The summed E-state index contributed by atoms with van der Waals surface area (Å²) in [5.41, 5.74) is 2.50. The summed E-state index contributed by atoms with van der Waals surface area (Å²) < 4.78 is 39.5. The smallest absolute Gasteiger partial charge is 0.477 e. The van der Waals surface area contributed by atoms with Gasteiger partial charge in [-0.25, -0.2) is 9.59 Å². The first kappa shape index (κ1) is 19.8. The minimum Gasteiger partial charge on any atom is -0.477 e. The molecule has 0 unspecified atom stereocenters. The molecule has 0 aliphatic heterocycles. The van der Waals surface area contributed by atoms with Crippen molar-refractivity contribution >= 4 is 17.6 Å². The topological polar surface area (TPSA) is 111 Å². The standard InChI is InChI=1S/C12H9N5O2.C3H3F3O2/c18-11(19)7-16-5-2-9(3-6-16)10-1-4-14-17-8-13-15-12(10)17;1-8-2(7)3(4,5)6/h1-6,8H,7H2;1H3/p+1. The summed E-state index contributed by atoms with van der Waals surface area (Å²) in [7, 11) is 0.676. The van der Waals surface area contributed by atoms with Crippen LogP contribution in [0.4, 0.5) is 13.2 Å². The molecule has 0 aromatic carbocycles. The van der Waals surface area contributed by atoms with Crippen LogP contribution in [0.25, 0.3) is 16.8 Å². The van der Waals surface area contributed by atoms with Crippen molar-refractivity contribution in [2.45, 2.75) is 12.7 Å². The number of carbonyl (C=O) groups excluding carboxylic acids is 1. The number of rotatable bonds is 3. The van der Waals surface area contributed by atoms with Gasteiger partial charge < -0.3 is 9.84 Å². The van der Waals surface area contributed by atoms with Gasteiger partial charge in [-0.05, 0) is 11.6 Å². The number of fused-ring (bicyclic) bond motifs is 1. The molecule has 0 spiro atoms. The molecule has 1 N–H and O–H groups in total. The molecule has 0 radical (unpaired) electrons. The van der Waals surface area contributed by atoms with Crippen molar-refractivity contribution in [2.24, 2.45) is 0 Å². The largest absolute Gasteiger partial charge is 0.490 e. The minimum absolute atomic E-state index is 0.0586. The maximum absolute atomic E-state index is 11.0. The summed E-state index contributed by atoms with van der Waals surface area (Å²) in [6.07, 6.45) is 1.79. The SMILES string of the molecule is COC(=O)C(F)(F)F.O=C(O)C[n+]1ccc(-c2ccnn3cnnc23)cc1. The van der Waals surface area contributed by atoms with E-state index in [1.165, 1.54) is 6.33 Å². The summed E-state index contributed by atoms with van der Waals surface area (Å²) in [5.74, 6) is -3.04. The van der Waals surface area contributed by atoms with E-state index >= 15 is 0 Å². The van der Waals surface area contributed by atoms with Gasteiger partial charge in [0.25, 0.3) is 0 Å². The third kappa shape index (κ3) is 5.20. The molecule has 0 atom stereocenters. The number of ether oxygens (including phenoxy) is 1.